The average Bonchev–Trinajstić information content (AvgIpc) is 2.60. The Hall–Kier alpha value is -3.28. The van der Waals surface area contributed by atoms with Crippen LogP contribution in [-0.2, 0) is 16.2 Å². The second-order valence-corrected chi connectivity index (χ2v) is 7.86. The molecule has 0 unspecified atom stereocenters. The smallest absolute Gasteiger partial charge is 0.338 e. The highest BCUT2D eigenvalue weighted by Gasteiger charge is 2.24. The summed E-state index contributed by atoms with van der Waals surface area (Å²) in [7, 11) is 0. The molecule has 0 atom stereocenters. The number of phenolic OH excluding ortho intramolecular Hbond substituents is 1. The minimum Gasteiger partial charge on any atom is -0.508 e. The lowest BCUT2D eigenvalue weighted by Gasteiger charge is -2.17. The van der Waals surface area contributed by atoms with Crippen LogP contribution >= 0.6 is 0 Å². The van der Waals surface area contributed by atoms with Crippen molar-refractivity contribution < 1.29 is 28.9 Å². The van der Waals surface area contributed by atoms with Crippen LogP contribution in [0.25, 0.3) is 0 Å². The van der Waals surface area contributed by atoms with Gasteiger partial charge in [-0.3, -0.25) is 4.79 Å². The predicted octanol–water partition coefficient (Wildman–Crippen LogP) is 4.71. The van der Waals surface area contributed by atoms with Gasteiger partial charge in [0.15, 0.2) is 0 Å². The molecule has 2 rings (SSSR count). The molecule has 0 aliphatic carbocycles. The van der Waals surface area contributed by atoms with Gasteiger partial charge in [-0.25, -0.2) is 4.79 Å². The van der Waals surface area contributed by atoms with E-state index in [1.165, 1.54) is 12.1 Å². The van der Waals surface area contributed by atoms with Gasteiger partial charge in [0.2, 0.25) is 0 Å². The maximum Gasteiger partial charge on any atom is 0.338 e. The predicted molar refractivity (Wildman–Crippen MR) is 109 cm³/mol. The Morgan fingerprint density at radius 2 is 1.72 bits per heavy atom. The summed E-state index contributed by atoms with van der Waals surface area (Å²) in [5.74, 6) is 0.145. The highest BCUT2D eigenvalue weighted by Crippen LogP contribution is 2.28. The van der Waals surface area contributed by atoms with E-state index in [9.17, 15) is 14.7 Å². The molecule has 0 spiro atoms. The molecule has 0 aliphatic heterocycles. The largest absolute Gasteiger partial charge is 0.508 e. The van der Waals surface area contributed by atoms with E-state index >= 15 is 0 Å². The zero-order chi connectivity index (χ0) is 21.8. The van der Waals surface area contributed by atoms with Crippen molar-refractivity contribution >= 4 is 11.9 Å². The Kier molecular flexibility index (Phi) is 6.69. The summed E-state index contributed by atoms with van der Waals surface area (Å²) in [6, 6.07) is 9.57. The standard InChI is InChI=1S/C23H26O6/c1-14(2)21(25)28-18-8-7-15(3)20(12-18)27-13-16-9-17(24)11-19(10-16)29-22(26)23(4,5)6/h7-12,24H,1,13H2,2-6H3. The summed E-state index contributed by atoms with van der Waals surface area (Å²) in [6.07, 6.45) is 0. The first kappa shape index (κ1) is 22.0. The van der Waals surface area contributed by atoms with Crippen LogP contribution in [0.5, 0.6) is 23.0 Å². The number of rotatable bonds is 6. The summed E-state index contributed by atoms with van der Waals surface area (Å²) in [6.45, 7) is 12.3. The molecule has 0 bridgehead atoms. The first-order valence-corrected chi connectivity index (χ1v) is 9.12. The normalized spacial score (nSPS) is 10.9. The number of hydrogen-bond acceptors (Lipinski definition) is 6. The van der Waals surface area contributed by atoms with E-state index < -0.39 is 17.4 Å². The maximum absolute atomic E-state index is 12.1. The fraction of sp³-hybridized carbons (Fsp3) is 0.304. The molecule has 0 saturated carbocycles. The van der Waals surface area contributed by atoms with Gasteiger partial charge in [0.25, 0.3) is 0 Å². The van der Waals surface area contributed by atoms with Crippen molar-refractivity contribution in [3.8, 4) is 23.0 Å². The molecule has 0 aliphatic rings. The summed E-state index contributed by atoms with van der Waals surface area (Å²) < 4.78 is 16.4. The van der Waals surface area contributed by atoms with Gasteiger partial charge in [-0.05, 0) is 63.9 Å². The third-order valence-electron chi connectivity index (χ3n) is 3.89. The van der Waals surface area contributed by atoms with E-state index in [1.807, 2.05) is 6.92 Å². The van der Waals surface area contributed by atoms with Gasteiger partial charge in [-0.15, -0.1) is 0 Å². The Morgan fingerprint density at radius 3 is 2.34 bits per heavy atom. The molecule has 0 aromatic heterocycles. The fourth-order valence-electron chi connectivity index (χ4n) is 2.20. The minimum atomic E-state index is -0.666. The number of aryl methyl sites for hydroxylation is 1. The lowest BCUT2D eigenvalue weighted by Crippen LogP contribution is -2.25. The number of hydrogen-bond donors (Lipinski definition) is 1. The van der Waals surface area contributed by atoms with Gasteiger partial charge < -0.3 is 19.3 Å². The lowest BCUT2D eigenvalue weighted by molar-refractivity contribution is -0.143. The van der Waals surface area contributed by atoms with Crippen molar-refractivity contribution in [3.63, 3.8) is 0 Å². The third-order valence-corrected chi connectivity index (χ3v) is 3.89. The fourth-order valence-corrected chi connectivity index (χ4v) is 2.20. The Bertz CT molecular complexity index is 937. The average molecular weight is 398 g/mol. The first-order valence-electron chi connectivity index (χ1n) is 9.12. The van der Waals surface area contributed by atoms with Crippen LogP contribution in [0.1, 0.15) is 38.8 Å². The van der Waals surface area contributed by atoms with Crippen molar-refractivity contribution in [3.05, 3.63) is 59.7 Å². The van der Waals surface area contributed by atoms with Crippen molar-refractivity contribution in [2.24, 2.45) is 5.41 Å². The SMILES string of the molecule is C=C(C)C(=O)Oc1ccc(C)c(OCc2cc(O)cc(OC(=O)C(C)(C)C)c2)c1. The van der Waals surface area contributed by atoms with E-state index in [0.717, 1.165) is 5.56 Å². The van der Waals surface area contributed by atoms with Crippen LogP contribution in [0.3, 0.4) is 0 Å². The molecule has 0 fully saturated rings. The van der Waals surface area contributed by atoms with Gasteiger partial charge in [0.05, 0.1) is 5.41 Å². The van der Waals surface area contributed by atoms with Crippen LogP contribution in [0, 0.1) is 12.3 Å². The van der Waals surface area contributed by atoms with Crippen LogP contribution in [0.15, 0.2) is 48.6 Å². The summed E-state index contributed by atoms with van der Waals surface area (Å²) in [5.41, 5.74) is 1.09. The zero-order valence-corrected chi connectivity index (χ0v) is 17.4. The van der Waals surface area contributed by atoms with Gasteiger partial charge in [0, 0.05) is 17.7 Å². The van der Waals surface area contributed by atoms with Crippen molar-refractivity contribution in [2.45, 2.75) is 41.2 Å². The first-order chi connectivity index (χ1) is 13.5. The van der Waals surface area contributed by atoms with Crippen molar-refractivity contribution in [2.75, 3.05) is 0 Å². The highest BCUT2D eigenvalue weighted by molar-refractivity contribution is 5.88. The third kappa shape index (κ3) is 6.38. The molecular formula is C23H26O6. The molecule has 0 amide bonds. The van der Waals surface area contributed by atoms with E-state index in [-0.39, 0.29) is 18.1 Å². The molecule has 2 aromatic carbocycles. The number of aromatic hydroxyl groups is 1. The van der Waals surface area contributed by atoms with Crippen LogP contribution in [0.2, 0.25) is 0 Å². The summed E-state index contributed by atoms with van der Waals surface area (Å²) >= 11 is 0. The van der Waals surface area contributed by atoms with Crippen LogP contribution in [0.4, 0.5) is 0 Å². The van der Waals surface area contributed by atoms with Crippen molar-refractivity contribution in [1.82, 2.24) is 0 Å². The highest BCUT2D eigenvalue weighted by atomic mass is 16.5. The van der Waals surface area contributed by atoms with Gasteiger partial charge >= 0.3 is 11.9 Å². The molecule has 0 radical (unpaired) electrons. The molecule has 6 nitrogen and oxygen atoms in total. The van der Waals surface area contributed by atoms with Crippen molar-refractivity contribution in [1.29, 1.82) is 0 Å². The number of benzene rings is 2. The molecule has 154 valence electrons. The maximum atomic E-state index is 12.1. The molecule has 1 N–H and O–H groups in total. The van der Waals surface area contributed by atoms with E-state index in [0.29, 0.717) is 22.6 Å². The Morgan fingerprint density at radius 1 is 1.03 bits per heavy atom. The van der Waals surface area contributed by atoms with Crippen LogP contribution in [-0.4, -0.2) is 17.0 Å². The number of carbonyl (C=O) groups is 2. The van der Waals surface area contributed by atoms with Crippen LogP contribution < -0.4 is 14.2 Å². The lowest BCUT2D eigenvalue weighted by atomic mass is 9.97. The summed E-state index contributed by atoms with van der Waals surface area (Å²) in [4.78, 5) is 23.8. The molecule has 6 heteroatoms. The number of carbonyl (C=O) groups excluding carboxylic acids is 2. The van der Waals surface area contributed by atoms with Gasteiger partial charge in [-0.1, -0.05) is 12.6 Å². The zero-order valence-electron chi connectivity index (χ0n) is 17.4. The summed E-state index contributed by atoms with van der Waals surface area (Å²) in [5, 5.41) is 9.94. The Balaban J connectivity index is 2.14. The molecule has 2 aromatic rings. The second-order valence-electron chi connectivity index (χ2n) is 7.86. The van der Waals surface area contributed by atoms with E-state index in [2.05, 4.69) is 6.58 Å². The van der Waals surface area contributed by atoms with Gasteiger partial charge in [0.1, 0.15) is 29.6 Å². The monoisotopic (exact) mass is 398 g/mol. The topological polar surface area (TPSA) is 82.1 Å². The number of ether oxygens (including phenoxy) is 3. The minimum absolute atomic E-state index is 0.0383. The van der Waals surface area contributed by atoms with E-state index in [1.54, 1.807) is 52.0 Å². The van der Waals surface area contributed by atoms with Gasteiger partial charge in [-0.2, -0.15) is 0 Å². The number of esters is 2. The molecular weight excluding hydrogens is 372 g/mol. The van der Waals surface area contributed by atoms with E-state index in [4.69, 9.17) is 14.2 Å². The number of phenols is 1. The molecule has 0 heterocycles. The second kappa shape index (κ2) is 8.82. The quantitative estimate of drug-likeness (QED) is 0.431. The molecule has 29 heavy (non-hydrogen) atoms. The molecule has 0 saturated heterocycles. The Labute approximate surface area is 170 Å².